The van der Waals surface area contributed by atoms with Gasteiger partial charge in [-0.1, -0.05) is 6.07 Å². The number of fused-ring (bicyclic) bond motifs is 1. The molecular formula is C16H19N5O. The molecule has 0 N–H and O–H groups in total. The number of carbonyl (C=O) groups excluding carboxylic acids is 1. The molecule has 1 saturated carbocycles. The molecule has 0 unspecified atom stereocenters. The van der Waals surface area contributed by atoms with Gasteiger partial charge in [-0.05, 0) is 38.8 Å². The van der Waals surface area contributed by atoms with Crippen LogP contribution in [0.4, 0.5) is 0 Å². The number of aryl methyl sites for hydroxylation is 1. The summed E-state index contributed by atoms with van der Waals surface area (Å²) in [5, 5.41) is 4.60. The number of pyridine rings is 1. The van der Waals surface area contributed by atoms with E-state index in [1.165, 1.54) is 12.8 Å². The second kappa shape index (κ2) is 4.90. The van der Waals surface area contributed by atoms with Crippen molar-refractivity contribution in [2.45, 2.75) is 45.2 Å². The fourth-order valence-corrected chi connectivity index (χ4v) is 2.98. The Morgan fingerprint density at radius 3 is 2.77 bits per heavy atom. The summed E-state index contributed by atoms with van der Waals surface area (Å²) >= 11 is 0. The Bertz CT molecular complexity index is 734. The zero-order chi connectivity index (χ0) is 15.3. The number of carbonyl (C=O) groups is 1. The first-order chi connectivity index (χ1) is 10.6. The first kappa shape index (κ1) is 13.4. The summed E-state index contributed by atoms with van der Waals surface area (Å²) in [6, 6.07) is 5.48. The van der Waals surface area contributed by atoms with Gasteiger partial charge in [0.2, 0.25) is 0 Å². The highest BCUT2D eigenvalue weighted by molar-refractivity contribution is 5.92. The summed E-state index contributed by atoms with van der Waals surface area (Å²) in [6.07, 6.45) is 2.38. The molecule has 1 aliphatic heterocycles. The van der Waals surface area contributed by atoms with Gasteiger partial charge in [-0.15, -0.1) is 0 Å². The van der Waals surface area contributed by atoms with Crippen molar-refractivity contribution in [1.29, 1.82) is 0 Å². The van der Waals surface area contributed by atoms with Crippen LogP contribution in [0.1, 0.15) is 59.6 Å². The molecule has 6 heteroatoms. The van der Waals surface area contributed by atoms with Gasteiger partial charge >= 0.3 is 0 Å². The van der Waals surface area contributed by atoms with Gasteiger partial charge in [-0.25, -0.2) is 14.6 Å². The average molecular weight is 297 g/mol. The molecule has 4 rings (SSSR count). The molecule has 114 valence electrons. The van der Waals surface area contributed by atoms with Gasteiger partial charge in [0.15, 0.2) is 5.82 Å². The minimum absolute atomic E-state index is 0.0292. The van der Waals surface area contributed by atoms with Crippen LogP contribution in [-0.2, 0) is 6.54 Å². The highest BCUT2D eigenvalue weighted by atomic mass is 16.2. The average Bonchev–Trinajstić information content (AvgIpc) is 3.27. The molecule has 2 aromatic rings. The fraction of sp³-hybridized carbons (Fsp3) is 0.500. The molecule has 3 heterocycles. The molecule has 2 aromatic heterocycles. The molecule has 0 aromatic carbocycles. The summed E-state index contributed by atoms with van der Waals surface area (Å²) in [5.74, 6) is 2.35. The number of nitrogens with zero attached hydrogens (tertiary/aromatic N) is 5. The molecule has 1 amide bonds. The maximum atomic E-state index is 12.7. The van der Waals surface area contributed by atoms with Crippen LogP contribution >= 0.6 is 0 Å². The lowest BCUT2D eigenvalue weighted by Gasteiger charge is -2.32. The van der Waals surface area contributed by atoms with E-state index in [1.54, 1.807) is 6.07 Å². The number of hydrogen-bond acceptors (Lipinski definition) is 4. The van der Waals surface area contributed by atoms with Gasteiger partial charge in [0.05, 0.1) is 12.6 Å². The number of aromatic nitrogens is 4. The SMILES string of the molecule is Cc1cccc(C(=O)N2CCn3nc(C4CC4)nc3[C@H]2C)n1. The lowest BCUT2D eigenvalue weighted by Crippen LogP contribution is -2.41. The molecule has 0 spiro atoms. The van der Waals surface area contributed by atoms with E-state index in [0.29, 0.717) is 24.7 Å². The second-order valence-corrected chi connectivity index (χ2v) is 6.16. The van der Waals surface area contributed by atoms with Gasteiger partial charge in [0.1, 0.15) is 11.5 Å². The van der Waals surface area contributed by atoms with Gasteiger partial charge in [0, 0.05) is 18.2 Å². The van der Waals surface area contributed by atoms with Crippen molar-refractivity contribution in [3.05, 3.63) is 41.2 Å². The Morgan fingerprint density at radius 2 is 2.05 bits per heavy atom. The summed E-state index contributed by atoms with van der Waals surface area (Å²) in [7, 11) is 0. The van der Waals surface area contributed by atoms with Crippen LogP contribution < -0.4 is 0 Å². The molecule has 0 bridgehead atoms. The monoisotopic (exact) mass is 297 g/mol. The Balaban J connectivity index is 1.62. The van der Waals surface area contributed by atoms with Crippen molar-refractivity contribution < 1.29 is 4.79 Å². The van der Waals surface area contributed by atoms with Crippen molar-refractivity contribution in [3.63, 3.8) is 0 Å². The predicted octanol–water partition coefficient (Wildman–Crippen LogP) is 2.08. The number of hydrogen-bond donors (Lipinski definition) is 0. The maximum Gasteiger partial charge on any atom is 0.273 e. The van der Waals surface area contributed by atoms with E-state index in [-0.39, 0.29) is 11.9 Å². The standard InChI is InChI=1S/C16H19N5O/c1-10-4-3-5-13(17-10)16(22)20-8-9-21-15(11(20)2)18-14(19-21)12-6-7-12/h3-5,11-12H,6-9H2,1-2H3/t11-/m1/s1. The van der Waals surface area contributed by atoms with Crippen LogP contribution in [-0.4, -0.2) is 37.1 Å². The van der Waals surface area contributed by atoms with Crippen LogP contribution in [0.25, 0.3) is 0 Å². The van der Waals surface area contributed by atoms with Crippen molar-refractivity contribution in [3.8, 4) is 0 Å². The third-order valence-corrected chi connectivity index (χ3v) is 4.42. The smallest absolute Gasteiger partial charge is 0.273 e. The summed E-state index contributed by atoms with van der Waals surface area (Å²) in [5.41, 5.74) is 1.36. The lowest BCUT2D eigenvalue weighted by molar-refractivity contribution is 0.0624. The first-order valence-corrected chi connectivity index (χ1v) is 7.83. The third-order valence-electron chi connectivity index (χ3n) is 4.42. The maximum absolute atomic E-state index is 12.7. The highest BCUT2D eigenvalue weighted by Gasteiger charge is 2.35. The molecule has 1 aliphatic carbocycles. The zero-order valence-electron chi connectivity index (χ0n) is 12.9. The number of amides is 1. The molecule has 22 heavy (non-hydrogen) atoms. The van der Waals surface area contributed by atoms with E-state index in [1.807, 2.05) is 35.6 Å². The molecule has 2 aliphatic rings. The van der Waals surface area contributed by atoms with Gasteiger partial charge in [-0.3, -0.25) is 4.79 Å². The Morgan fingerprint density at radius 1 is 1.23 bits per heavy atom. The van der Waals surface area contributed by atoms with Crippen molar-refractivity contribution in [2.75, 3.05) is 6.54 Å². The molecule has 0 radical (unpaired) electrons. The Hall–Kier alpha value is -2.24. The van der Waals surface area contributed by atoms with Crippen molar-refractivity contribution >= 4 is 5.91 Å². The normalized spacial score (nSPS) is 20.8. The zero-order valence-corrected chi connectivity index (χ0v) is 12.9. The highest BCUT2D eigenvalue weighted by Crippen LogP contribution is 2.39. The van der Waals surface area contributed by atoms with E-state index in [4.69, 9.17) is 0 Å². The second-order valence-electron chi connectivity index (χ2n) is 6.16. The first-order valence-electron chi connectivity index (χ1n) is 7.83. The van der Waals surface area contributed by atoms with Crippen molar-refractivity contribution in [2.24, 2.45) is 0 Å². The van der Waals surface area contributed by atoms with E-state index in [2.05, 4.69) is 15.1 Å². The van der Waals surface area contributed by atoms with Crippen LogP contribution in [0.2, 0.25) is 0 Å². The quantitative estimate of drug-likeness (QED) is 0.851. The molecule has 1 atom stereocenters. The Labute approximate surface area is 129 Å². The van der Waals surface area contributed by atoms with Gasteiger partial charge in [-0.2, -0.15) is 5.10 Å². The van der Waals surface area contributed by atoms with E-state index in [9.17, 15) is 4.79 Å². The molecule has 0 saturated heterocycles. The lowest BCUT2D eigenvalue weighted by atomic mass is 10.2. The van der Waals surface area contributed by atoms with Gasteiger partial charge < -0.3 is 4.90 Å². The molecule has 6 nitrogen and oxygen atoms in total. The van der Waals surface area contributed by atoms with E-state index in [0.717, 1.165) is 17.3 Å². The van der Waals surface area contributed by atoms with Crippen LogP contribution in [0.5, 0.6) is 0 Å². The minimum atomic E-state index is -0.0661. The van der Waals surface area contributed by atoms with Crippen molar-refractivity contribution in [1.82, 2.24) is 24.6 Å². The summed E-state index contributed by atoms with van der Waals surface area (Å²) < 4.78 is 1.96. The fourth-order valence-electron chi connectivity index (χ4n) is 2.98. The number of rotatable bonds is 2. The molecule has 1 fully saturated rings. The van der Waals surface area contributed by atoms with Crippen LogP contribution in [0.15, 0.2) is 18.2 Å². The predicted molar refractivity (Wildman–Crippen MR) is 80.4 cm³/mol. The Kier molecular flexibility index (Phi) is 2.99. The molecular weight excluding hydrogens is 278 g/mol. The summed E-state index contributed by atoms with van der Waals surface area (Å²) in [6.45, 7) is 5.27. The minimum Gasteiger partial charge on any atom is -0.325 e. The van der Waals surface area contributed by atoms with E-state index < -0.39 is 0 Å². The summed E-state index contributed by atoms with van der Waals surface area (Å²) in [4.78, 5) is 23.6. The van der Waals surface area contributed by atoms with Crippen LogP contribution in [0, 0.1) is 6.92 Å². The van der Waals surface area contributed by atoms with Gasteiger partial charge in [0.25, 0.3) is 5.91 Å². The van der Waals surface area contributed by atoms with E-state index >= 15 is 0 Å². The largest absolute Gasteiger partial charge is 0.325 e. The van der Waals surface area contributed by atoms with Crippen LogP contribution in [0.3, 0.4) is 0 Å². The third kappa shape index (κ3) is 2.19. The topological polar surface area (TPSA) is 63.9 Å².